The highest BCUT2D eigenvalue weighted by molar-refractivity contribution is 9.10. The van der Waals surface area contributed by atoms with Gasteiger partial charge in [0.2, 0.25) is 0 Å². The molecule has 3 nitrogen and oxygen atoms in total. The minimum atomic E-state index is -0.163. The van der Waals surface area contributed by atoms with E-state index >= 15 is 0 Å². The van der Waals surface area contributed by atoms with Gasteiger partial charge in [0, 0.05) is 22.0 Å². The van der Waals surface area contributed by atoms with Crippen LogP contribution in [-0.2, 0) is 0 Å². The molecule has 0 heterocycles. The topological polar surface area (TPSA) is 49.3 Å². The Balaban J connectivity index is 2.76. The molecule has 0 aliphatic rings. The van der Waals surface area contributed by atoms with E-state index in [1.165, 1.54) is 0 Å². The summed E-state index contributed by atoms with van der Waals surface area (Å²) in [4.78, 5) is 12.6. The molecular formula is C11H14BrNO2S. The molecule has 0 saturated heterocycles. The number of halogens is 1. The van der Waals surface area contributed by atoms with Crippen molar-refractivity contribution in [2.75, 3.05) is 6.61 Å². The van der Waals surface area contributed by atoms with Gasteiger partial charge in [0.05, 0.1) is 5.56 Å². The van der Waals surface area contributed by atoms with Crippen LogP contribution in [0.25, 0.3) is 0 Å². The first-order chi connectivity index (χ1) is 7.54. The van der Waals surface area contributed by atoms with Gasteiger partial charge in [-0.1, -0.05) is 0 Å². The van der Waals surface area contributed by atoms with Crippen LogP contribution in [0, 0.1) is 0 Å². The third kappa shape index (κ3) is 3.81. The summed E-state index contributed by atoms with van der Waals surface area (Å²) in [6, 6.07) is 5.25. The zero-order valence-electron chi connectivity index (χ0n) is 8.90. The Morgan fingerprint density at radius 3 is 2.94 bits per heavy atom. The van der Waals surface area contributed by atoms with E-state index in [1.807, 2.05) is 6.92 Å². The Labute approximate surface area is 109 Å². The van der Waals surface area contributed by atoms with Gasteiger partial charge in [-0.3, -0.25) is 4.79 Å². The summed E-state index contributed by atoms with van der Waals surface area (Å²) in [5.74, 6) is -0.163. The maximum atomic E-state index is 11.8. The molecule has 0 saturated carbocycles. The number of hydrogen-bond donors (Lipinski definition) is 3. The lowest BCUT2D eigenvalue weighted by Crippen LogP contribution is -2.33. The van der Waals surface area contributed by atoms with Crippen molar-refractivity contribution in [1.29, 1.82) is 0 Å². The molecule has 0 bridgehead atoms. The van der Waals surface area contributed by atoms with Crippen molar-refractivity contribution in [3.63, 3.8) is 0 Å². The summed E-state index contributed by atoms with van der Waals surface area (Å²) in [6.45, 7) is 1.92. The van der Waals surface area contributed by atoms with Crippen LogP contribution in [-0.4, -0.2) is 23.7 Å². The van der Waals surface area contributed by atoms with Crippen LogP contribution in [0.5, 0.6) is 0 Å². The Hall–Kier alpha value is -0.520. The summed E-state index contributed by atoms with van der Waals surface area (Å²) in [5.41, 5.74) is 0.553. The third-order valence-corrected chi connectivity index (χ3v) is 3.10. The van der Waals surface area contributed by atoms with Crippen LogP contribution in [0.4, 0.5) is 0 Å². The molecule has 0 fully saturated rings. The lowest BCUT2D eigenvalue weighted by atomic mass is 10.2. The fourth-order valence-corrected chi connectivity index (χ4v) is 1.88. The summed E-state index contributed by atoms with van der Waals surface area (Å²) in [6.07, 6.45) is 0.546. The monoisotopic (exact) mass is 303 g/mol. The zero-order valence-corrected chi connectivity index (χ0v) is 11.4. The van der Waals surface area contributed by atoms with Crippen LogP contribution in [0.2, 0.25) is 0 Å². The predicted molar refractivity (Wildman–Crippen MR) is 70.0 cm³/mol. The zero-order chi connectivity index (χ0) is 12.1. The molecular weight excluding hydrogens is 290 g/mol. The van der Waals surface area contributed by atoms with Crippen LogP contribution in [0.15, 0.2) is 27.6 Å². The minimum Gasteiger partial charge on any atom is -0.396 e. The second kappa shape index (κ2) is 6.27. The van der Waals surface area contributed by atoms with Gasteiger partial charge in [-0.2, -0.15) is 0 Å². The van der Waals surface area contributed by atoms with Gasteiger partial charge in [0.25, 0.3) is 5.91 Å². The maximum Gasteiger partial charge on any atom is 0.252 e. The van der Waals surface area contributed by atoms with Gasteiger partial charge < -0.3 is 10.4 Å². The van der Waals surface area contributed by atoms with Crippen LogP contribution in [0.3, 0.4) is 0 Å². The van der Waals surface area contributed by atoms with Crippen molar-refractivity contribution in [3.8, 4) is 0 Å². The van der Waals surface area contributed by atoms with Crippen molar-refractivity contribution in [2.45, 2.75) is 24.3 Å². The van der Waals surface area contributed by atoms with Gasteiger partial charge >= 0.3 is 0 Å². The smallest absolute Gasteiger partial charge is 0.252 e. The standard InChI is InChI=1S/C11H14BrNO2S/c1-7(4-5-14)13-11(15)9-6-8(16)2-3-10(9)12/h2-3,6-7,14,16H,4-5H2,1H3,(H,13,15). The fourth-order valence-electron chi connectivity index (χ4n) is 1.25. The van der Waals surface area contributed by atoms with Gasteiger partial charge in [-0.15, -0.1) is 12.6 Å². The van der Waals surface area contributed by atoms with Crippen molar-refractivity contribution >= 4 is 34.5 Å². The van der Waals surface area contributed by atoms with E-state index in [2.05, 4.69) is 33.9 Å². The number of nitrogens with one attached hydrogen (secondary N) is 1. The molecule has 2 N–H and O–H groups in total. The second-order valence-corrected chi connectivity index (χ2v) is 4.92. The Morgan fingerprint density at radius 2 is 2.31 bits per heavy atom. The van der Waals surface area contributed by atoms with Crippen LogP contribution < -0.4 is 5.32 Å². The van der Waals surface area contributed by atoms with Crippen molar-refractivity contribution in [1.82, 2.24) is 5.32 Å². The fraction of sp³-hybridized carbons (Fsp3) is 0.364. The van der Waals surface area contributed by atoms with Gasteiger partial charge in [0.1, 0.15) is 0 Å². The number of aliphatic hydroxyl groups excluding tert-OH is 1. The average molecular weight is 304 g/mol. The first-order valence-corrected chi connectivity index (χ1v) is 6.19. The lowest BCUT2D eigenvalue weighted by molar-refractivity contribution is 0.0933. The Bertz CT molecular complexity index is 384. The molecule has 88 valence electrons. The molecule has 0 aromatic heterocycles. The van der Waals surface area contributed by atoms with E-state index in [1.54, 1.807) is 18.2 Å². The molecule has 1 amide bonds. The Morgan fingerprint density at radius 1 is 1.62 bits per heavy atom. The van der Waals surface area contributed by atoms with E-state index < -0.39 is 0 Å². The molecule has 1 aromatic rings. The summed E-state index contributed by atoms with van der Waals surface area (Å²) < 4.78 is 0.735. The SMILES string of the molecule is CC(CCO)NC(=O)c1cc(S)ccc1Br. The molecule has 0 aliphatic carbocycles. The lowest BCUT2D eigenvalue weighted by Gasteiger charge is -2.13. The molecule has 1 unspecified atom stereocenters. The quantitative estimate of drug-likeness (QED) is 0.747. The van der Waals surface area contributed by atoms with Gasteiger partial charge in [-0.05, 0) is 47.5 Å². The highest BCUT2D eigenvalue weighted by Gasteiger charge is 2.12. The minimum absolute atomic E-state index is 0.0482. The molecule has 16 heavy (non-hydrogen) atoms. The van der Waals surface area contributed by atoms with Crippen molar-refractivity contribution in [2.24, 2.45) is 0 Å². The van der Waals surface area contributed by atoms with Gasteiger partial charge in [0.15, 0.2) is 0 Å². The largest absolute Gasteiger partial charge is 0.396 e. The van der Waals surface area contributed by atoms with E-state index in [9.17, 15) is 4.79 Å². The number of thiol groups is 1. The highest BCUT2D eigenvalue weighted by Crippen LogP contribution is 2.20. The number of aliphatic hydroxyl groups is 1. The number of hydrogen-bond acceptors (Lipinski definition) is 3. The molecule has 1 aromatic carbocycles. The predicted octanol–water partition coefficient (Wildman–Crippen LogP) is 2.24. The average Bonchev–Trinajstić information content (AvgIpc) is 2.21. The molecule has 5 heteroatoms. The number of carbonyl (C=O) groups excluding carboxylic acids is 1. The van der Waals surface area contributed by atoms with Crippen LogP contribution >= 0.6 is 28.6 Å². The molecule has 0 radical (unpaired) electrons. The normalized spacial score (nSPS) is 12.2. The molecule has 1 atom stereocenters. The second-order valence-electron chi connectivity index (χ2n) is 3.55. The van der Waals surface area contributed by atoms with Crippen molar-refractivity contribution < 1.29 is 9.90 Å². The number of carbonyl (C=O) groups is 1. The first kappa shape index (κ1) is 13.5. The number of benzene rings is 1. The summed E-state index contributed by atoms with van der Waals surface area (Å²) in [7, 11) is 0. The molecule has 0 aliphatic heterocycles. The van der Waals surface area contributed by atoms with E-state index in [-0.39, 0.29) is 18.6 Å². The van der Waals surface area contributed by atoms with Gasteiger partial charge in [-0.25, -0.2) is 0 Å². The number of rotatable bonds is 4. The summed E-state index contributed by atoms with van der Waals surface area (Å²) in [5, 5.41) is 11.5. The summed E-state index contributed by atoms with van der Waals surface area (Å²) >= 11 is 7.50. The van der Waals surface area contributed by atoms with E-state index in [0.717, 1.165) is 9.37 Å². The molecule has 1 rings (SSSR count). The molecule has 0 spiro atoms. The van der Waals surface area contributed by atoms with Crippen molar-refractivity contribution in [3.05, 3.63) is 28.2 Å². The number of amides is 1. The maximum absolute atomic E-state index is 11.8. The van der Waals surface area contributed by atoms with E-state index in [4.69, 9.17) is 5.11 Å². The Kier molecular flexibility index (Phi) is 5.31. The van der Waals surface area contributed by atoms with Crippen LogP contribution in [0.1, 0.15) is 23.7 Å². The first-order valence-electron chi connectivity index (χ1n) is 4.95. The third-order valence-electron chi connectivity index (χ3n) is 2.13. The van der Waals surface area contributed by atoms with E-state index in [0.29, 0.717) is 12.0 Å². The highest BCUT2D eigenvalue weighted by atomic mass is 79.9.